The van der Waals surface area contributed by atoms with E-state index in [0.29, 0.717) is 12.3 Å². The Morgan fingerprint density at radius 3 is 2.71 bits per heavy atom. The summed E-state index contributed by atoms with van der Waals surface area (Å²) in [6.45, 7) is 7.29. The van der Waals surface area contributed by atoms with Crippen LogP contribution in [-0.4, -0.2) is 68.7 Å². The summed E-state index contributed by atoms with van der Waals surface area (Å²) in [5, 5.41) is 0. The molecule has 5 heteroatoms. The van der Waals surface area contributed by atoms with Gasteiger partial charge in [0, 0.05) is 51.9 Å². The van der Waals surface area contributed by atoms with E-state index in [4.69, 9.17) is 4.74 Å². The van der Waals surface area contributed by atoms with Crippen molar-refractivity contribution in [3.05, 3.63) is 29.8 Å². The summed E-state index contributed by atoms with van der Waals surface area (Å²) in [6, 6.07) is 8.41. The van der Waals surface area contributed by atoms with E-state index >= 15 is 0 Å². The Balaban J connectivity index is 1.45. The third-order valence-electron chi connectivity index (χ3n) is 5.04. The molecule has 0 atom stereocenters. The van der Waals surface area contributed by atoms with Gasteiger partial charge in [-0.15, -0.1) is 0 Å². The van der Waals surface area contributed by atoms with Gasteiger partial charge >= 0.3 is 0 Å². The molecule has 5 nitrogen and oxygen atoms in total. The van der Waals surface area contributed by atoms with Gasteiger partial charge in [0.25, 0.3) is 0 Å². The van der Waals surface area contributed by atoms with Gasteiger partial charge in [0.1, 0.15) is 0 Å². The minimum absolute atomic E-state index is 0.294. The van der Waals surface area contributed by atoms with E-state index in [-0.39, 0.29) is 0 Å². The highest BCUT2D eigenvalue weighted by Crippen LogP contribution is 2.24. The van der Waals surface area contributed by atoms with Gasteiger partial charge in [0.05, 0.1) is 13.2 Å². The topological polar surface area (TPSA) is 36.0 Å². The Kier molecular flexibility index (Phi) is 6.10. The number of fused-ring (bicyclic) bond motifs is 1. The minimum atomic E-state index is 0.294. The summed E-state index contributed by atoms with van der Waals surface area (Å²) in [5.41, 5.74) is 2.50. The van der Waals surface area contributed by atoms with Crippen LogP contribution in [0.1, 0.15) is 24.8 Å². The van der Waals surface area contributed by atoms with Crippen LogP contribution >= 0.6 is 0 Å². The normalized spacial score (nSPS) is 19.0. The third-order valence-corrected chi connectivity index (χ3v) is 5.04. The highest BCUT2D eigenvalue weighted by atomic mass is 16.5. The maximum atomic E-state index is 12.6. The molecule has 0 saturated carbocycles. The number of benzene rings is 1. The number of hydrogen-bond donors (Lipinski definition) is 0. The van der Waals surface area contributed by atoms with Gasteiger partial charge in [0.2, 0.25) is 5.91 Å². The van der Waals surface area contributed by atoms with Crippen molar-refractivity contribution >= 4 is 11.6 Å². The molecule has 24 heavy (non-hydrogen) atoms. The van der Waals surface area contributed by atoms with Crippen LogP contribution in [0.3, 0.4) is 0 Å². The zero-order chi connectivity index (χ0) is 16.8. The number of rotatable bonds is 5. The highest BCUT2D eigenvalue weighted by molar-refractivity contribution is 5.76. The molecule has 0 spiro atoms. The van der Waals surface area contributed by atoms with E-state index in [2.05, 4.69) is 41.1 Å². The molecular formula is C19H29N3O2. The number of amides is 1. The summed E-state index contributed by atoms with van der Waals surface area (Å²) in [6.07, 6.45) is 2.73. The Hall–Kier alpha value is -1.59. The molecule has 0 bridgehead atoms. The average molecular weight is 331 g/mol. The van der Waals surface area contributed by atoms with Crippen LogP contribution < -0.4 is 4.90 Å². The quantitative estimate of drug-likeness (QED) is 0.773. The van der Waals surface area contributed by atoms with Crippen LogP contribution in [0.5, 0.6) is 0 Å². The van der Waals surface area contributed by atoms with Gasteiger partial charge in [0.15, 0.2) is 0 Å². The fourth-order valence-corrected chi connectivity index (χ4v) is 3.50. The van der Waals surface area contributed by atoms with E-state index in [1.54, 1.807) is 0 Å². The van der Waals surface area contributed by atoms with Crippen molar-refractivity contribution in [3.8, 4) is 0 Å². The highest BCUT2D eigenvalue weighted by Gasteiger charge is 2.20. The number of hydrogen-bond acceptors (Lipinski definition) is 4. The standard InChI is InChI=1S/C19H29N3O2/c1-20-10-11-22(16-17-6-2-3-7-18(17)20)19(23)8-4-5-9-21-12-14-24-15-13-21/h2-3,6-7H,4-5,8-16H2,1H3. The van der Waals surface area contributed by atoms with E-state index in [0.717, 1.165) is 65.3 Å². The van der Waals surface area contributed by atoms with Crippen molar-refractivity contribution in [1.82, 2.24) is 9.80 Å². The lowest BCUT2D eigenvalue weighted by atomic mass is 10.1. The van der Waals surface area contributed by atoms with Gasteiger partial charge in [-0.3, -0.25) is 9.69 Å². The molecule has 0 aromatic heterocycles. The second-order valence-corrected chi connectivity index (χ2v) is 6.78. The first-order valence-electron chi connectivity index (χ1n) is 9.11. The first kappa shape index (κ1) is 17.2. The first-order chi connectivity index (χ1) is 11.7. The lowest BCUT2D eigenvalue weighted by molar-refractivity contribution is -0.131. The summed E-state index contributed by atoms with van der Waals surface area (Å²) in [5.74, 6) is 0.294. The predicted octanol–water partition coefficient (Wildman–Crippen LogP) is 1.97. The second-order valence-electron chi connectivity index (χ2n) is 6.78. The number of ether oxygens (including phenoxy) is 1. The first-order valence-corrected chi connectivity index (χ1v) is 9.11. The van der Waals surface area contributed by atoms with Crippen LogP contribution in [0.4, 0.5) is 5.69 Å². The predicted molar refractivity (Wildman–Crippen MR) is 96.2 cm³/mol. The molecule has 1 aromatic carbocycles. The van der Waals surface area contributed by atoms with E-state index in [1.807, 2.05) is 4.90 Å². The van der Waals surface area contributed by atoms with Crippen molar-refractivity contribution in [1.29, 1.82) is 0 Å². The molecule has 132 valence electrons. The van der Waals surface area contributed by atoms with Crippen LogP contribution in [0.25, 0.3) is 0 Å². The summed E-state index contributed by atoms with van der Waals surface area (Å²) in [4.78, 5) is 19.3. The number of unbranched alkanes of at least 4 members (excludes halogenated alkanes) is 1. The second kappa shape index (κ2) is 8.49. The lowest BCUT2D eigenvalue weighted by Crippen LogP contribution is -2.37. The number of para-hydroxylation sites is 1. The molecule has 3 rings (SSSR count). The Morgan fingerprint density at radius 2 is 1.88 bits per heavy atom. The number of anilines is 1. The maximum absolute atomic E-state index is 12.6. The smallest absolute Gasteiger partial charge is 0.222 e. The fraction of sp³-hybridized carbons (Fsp3) is 0.632. The molecule has 1 fully saturated rings. The van der Waals surface area contributed by atoms with E-state index in [9.17, 15) is 4.79 Å². The molecule has 1 saturated heterocycles. The summed E-state index contributed by atoms with van der Waals surface area (Å²) < 4.78 is 5.37. The van der Waals surface area contributed by atoms with Crippen molar-refractivity contribution in [3.63, 3.8) is 0 Å². The van der Waals surface area contributed by atoms with Crippen LogP contribution in [-0.2, 0) is 16.1 Å². The fourth-order valence-electron chi connectivity index (χ4n) is 3.50. The summed E-state index contributed by atoms with van der Waals surface area (Å²) >= 11 is 0. The zero-order valence-corrected chi connectivity index (χ0v) is 14.7. The van der Waals surface area contributed by atoms with Crippen molar-refractivity contribution in [2.75, 3.05) is 57.9 Å². The average Bonchev–Trinajstić information content (AvgIpc) is 2.79. The lowest BCUT2D eigenvalue weighted by Gasteiger charge is -2.26. The van der Waals surface area contributed by atoms with Crippen molar-refractivity contribution in [2.24, 2.45) is 0 Å². The number of morpholine rings is 1. The number of carbonyl (C=O) groups excluding carboxylic acids is 1. The third kappa shape index (κ3) is 4.48. The molecule has 2 aliphatic rings. The molecule has 1 aromatic rings. The molecule has 0 unspecified atom stereocenters. The van der Waals surface area contributed by atoms with E-state index < -0.39 is 0 Å². The Morgan fingerprint density at radius 1 is 1.08 bits per heavy atom. The summed E-state index contributed by atoms with van der Waals surface area (Å²) in [7, 11) is 2.11. The zero-order valence-electron chi connectivity index (χ0n) is 14.7. The minimum Gasteiger partial charge on any atom is -0.379 e. The van der Waals surface area contributed by atoms with Crippen molar-refractivity contribution < 1.29 is 9.53 Å². The molecule has 0 aliphatic carbocycles. The van der Waals surface area contributed by atoms with Crippen LogP contribution in [0, 0.1) is 0 Å². The van der Waals surface area contributed by atoms with Crippen LogP contribution in [0.15, 0.2) is 24.3 Å². The Bertz CT molecular complexity index is 543. The maximum Gasteiger partial charge on any atom is 0.222 e. The Labute approximate surface area is 145 Å². The largest absolute Gasteiger partial charge is 0.379 e. The van der Waals surface area contributed by atoms with Crippen molar-refractivity contribution in [2.45, 2.75) is 25.8 Å². The molecule has 0 radical (unpaired) electrons. The number of carbonyl (C=O) groups is 1. The molecule has 2 heterocycles. The number of likely N-dealkylation sites (N-methyl/N-ethyl adjacent to an activating group) is 1. The van der Waals surface area contributed by atoms with Gasteiger partial charge in [-0.2, -0.15) is 0 Å². The number of nitrogens with zero attached hydrogens (tertiary/aromatic N) is 3. The van der Waals surface area contributed by atoms with Gasteiger partial charge in [-0.25, -0.2) is 0 Å². The van der Waals surface area contributed by atoms with E-state index in [1.165, 1.54) is 11.3 Å². The van der Waals surface area contributed by atoms with Gasteiger partial charge in [-0.05, 0) is 31.0 Å². The van der Waals surface area contributed by atoms with Gasteiger partial charge < -0.3 is 14.5 Å². The van der Waals surface area contributed by atoms with Crippen LogP contribution in [0.2, 0.25) is 0 Å². The monoisotopic (exact) mass is 331 g/mol. The molecule has 0 N–H and O–H groups in total. The SMILES string of the molecule is CN1CCN(C(=O)CCCCN2CCOCC2)Cc2ccccc21. The molecular weight excluding hydrogens is 302 g/mol. The van der Waals surface area contributed by atoms with Gasteiger partial charge in [-0.1, -0.05) is 18.2 Å². The molecule has 2 aliphatic heterocycles. The molecule has 1 amide bonds.